The molecule has 4 rings (SSSR count). The highest BCUT2D eigenvalue weighted by molar-refractivity contribution is 6.11. The third kappa shape index (κ3) is 5.32. The minimum atomic E-state index is -0.687. The normalized spacial score (nSPS) is 14.0. The lowest BCUT2D eigenvalue weighted by Gasteiger charge is -2.31. The van der Waals surface area contributed by atoms with E-state index in [2.05, 4.69) is 16.0 Å². The molecule has 5 nitrogen and oxygen atoms in total. The SMILES string of the molecule is CC1=C(C(=O)Nc2ccc(C)cc2)C(c2ccc(F)cc2)C(C(=O)Nc2ccc(C)cc2)=C(C)N1. The van der Waals surface area contributed by atoms with Gasteiger partial charge >= 0.3 is 0 Å². The van der Waals surface area contributed by atoms with Crippen molar-refractivity contribution in [1.82, 2.24) is 5.32 Å². The number of aryl methyl sites for hydroxylation is 2. The van der Waals surface area contributed by atoms with E-state index in [-0.39, 0.29) is 17.6 Å². The first-order chi connectivity index (χ1) is 16.7. The topological polar surface area (TPSA) is 70.2 Å². The van der Waals surface area contributed by atoms with Gasteiger partial charge in [-0.15, -0.1) is 0 Å². The van der Waals surface area contributed by atoms with E-state index in [1.54, 1.807) is 26.0 Å². The Bertz CT molecular complexity index is 1240. The molecule has 0 aromatic heterocycles. The first-order valence-corrected chi connectivity index (χ1v) is 11.4. The van der Waals surface area contributed by atoms with E-state index in [4.69, 9.17) is 0 Å². The van der Waals surface area contributed by atoms with Crippen molar-refractivity contribution in [3.05, 3.63) is 118 Å². The van der Waals surface area contributed by atoms with Gasteiger partial charge in [0.2, 0.25) is 0 Å². The van der Waals surface area contributed by atoms with E-state index in [1.807, 2.05) is 62.4 Å². The predicted octanol–water partition coefficient (Wildman–Crippen LogP) is 5.95. The van der Waals surface area contributed by atoms with Crippen LogP contribution in [0.25, 0.3) is 0 Å². The molecular weight excluding hydrogens is 441 g/mol. The number of benzene rings is 3. The Morgan fingerprint density at radius 1 is 0.657 bits per heavy atom. The molecule has 1 heterocycles. The van der Waals surface area contributed by atoms with Crippen LogP contribution in [-0.4, -0.2) is 11.8 Å². The largest absolute Gasteiger partial charge is 0.362 e. The highest BCUT2D eigenvalue weighted by atomic mass is 19.1. The molecule has 0 radical (unpaired) electrons. The zero-order valence-electron chi connectivity index (χ0n) is 20.2. The quantitative estimate of drug-likeness (QED) is 0.432. The number of allylic oxidation sites excluding steroid dienone is 2. The number of amides is 2. The van der Waals surface area contributed by atoms with Crippen molar-refractivity contribution in [1.29, 1.82) is 0 Å². The van der Waals surface area contributed by atoms with E-state index in [9.17, 15) is 14.0 Å². The maximum absolute atomic E-state index is 13.8. The summed E-state index contributed by atoms with van der Waals surface area (Å²) < 4.78 is 13.8. The number of hydrogen-bond acceptors (Lipinski definition) is 3. The Morgan fingerprint density at radius 2 is 1.06 bits per heavy atom. The molecule has 178 valence electrons. The van der Waals surface area contributed by atoms with Crippen molar-refractivity contribution in [3.63, 3.8) is 0 Å². The van der Waals surface area contributed by atoms with Crippen LogP contribution in [0.4, 0.5) is 15.8 Å². The van der Waals surface area contributed by atoms with Crippen LogP contribution in [0.5, 0.6) is 0 Å². The van der Waals surface area contributed by atoms with Gasteiger partial charge in [0.25, 0.3) is 11.8 Å². The molecule has 0 atom stereocenters. The molecule has 3 aromatic rings. The molecule has 2 amide bonds. The van der Waals surface area contributed by atoms with Gasteiger partial charge in [-0.3, -0.25) is 9.59 Å². The first kappa shape index (κ1) is 24.0. The van der Waals surface area contributed by atoms with Crippen LogP contribution in [0.15, 0.2) is 95.3 Å². The summed E-state index contributed by atoms with van der Waals surface area (Å²) in [7, 11) is 0. The minimum absolute atomic E-state index is 0.332. The smallest absolute Gasteiger partial charge is 0.254 e. The van der Waals surface area contributed by atoms with Crippen LogP contribution >= 0.6 is 0 Å². The third-order valence-corrected chi connectivity index (χ3v) is 6.07. The van der Waals surface area contributed by atoms with Gasteiger partial charge in [0.05, 0.1) is 0 Å². The molecule has 6 heteroatoms. The Balaban J connectivity index is 1.74. The second-order valence-corrected chi connectivity index (χ2v) is 8.83. The fourth-order valence-corrected chi connectivity index (χ4v) is 4.26. The van der Waals surface area contributed by atoms with Gasteiger partial charge in [0.15, 0.2) is 0 Å². The molecule has 3 aromatic carbocycles. The minimum Gasteiger partial charge on any atom is -0.362 e. The van der Waals surface area contributed by atoms with Gasteiger partial charge in [0, 0.05) is 39.8 Å². The molecule has 0 bridgehead atoms. The van der Waals surface area contributed by atoms with Crippen LogP contribution in [0.2, 0.25) is 0 Å². The molecule has 35 heavy (non-hydrogen) atoms. The lowest BCUT2D eigenvalue weighted by atomic mass is 9.79. The van der Waals surface area contributed by atoms with Crippen molar-refractivity contribution < 1.29 is 14.0 Å². The Hall–Kier alpha value is -4.19. The zero-order chi connectivity index (χ0) is 25.1. The van der Waals surface area contributed by atoms with Crippen molar-refractivity contribution in [2.45, 2.75) is 33.6 Å². The third-order valence-electron chi connectivity index (χ3n) is 6.07. The Morgan fingerprint density at radius 3 is 1.46 bits per heavy atom. The van der Waals surface area contributed by atoms with Crippen LogP contribution in [0.3, 0.4) is 0 Å². The number of halogens is 1. The number of rotatable bonds is 5. The fourth-order valence-electron chi connectivity index (χ4n) is 4.26. The van der Waals surface area contributed by atoms with Gasteiger partial charge in [-0.05, 0) is 69.7 Å². The fraction of sp³-hybridized carbons (Fsp3) is 0.172. The molecule has 0 aliphatic carbocycles. The Labute approximate surface area is 204 Å². The summed E-state index contributed by atoms with van der Waals surface area (Å²) in [5.41, 5.74) is 6.17. The second-order valence-electron chi connectivity index (χ2n) is 8.83. The highest BCUT2D eigenvalue weighted by Crippen LogP contribution is 2.39. The van der Waals surface area contributed by atoms with Crippen LogP contribution < -0.4 is 16.0 Å². The maximum Gasteiger partial charge on any atom is 0.254 e. The molecule has 0 fully saturated rings. The summed E-state index contributed by atoms with van der Waals surface area (Å²) in [4.78, 5) is 27.1. The van der Waals surface area contributed by atoms with Crippen molar-refractivity contribution in [3.8, 4) is 0 Å². The summed E-state index contributed by atoms with van der Waals surface area (Å²) >= 11 is 0. The van der Waals surface area contributed by atoms with Crippen LogP contribution in [-0.2, 0) is 9.59 Å². The summed E-state index contributed by atoms with van der Waals surface area (Å²) in [5.74, 6) is -1.74. The summed E-state index contributed by atoms with van der Waals surface area (Å²) in [5, 5.41) is 9.10. The predicted molar refractivity (Wildman–Crippen MR) is 137 cm³/mol. The molecule has 0 unspecified atom stereocenters. The molecule has 3 N–H and O–H groups in total. The monoisotopic (exact) mass is 469 g/mol. The molecule has 0 spiro atoms. The number of nitrogens with one attached hydrogen (secondary N) is 3. The summed E-state index contributed by atoms with van der Waals surface area (Å²) in [6.45, 7) is 7.55. The van der Waals surface area contributed by atoms with E-state index in [1.165, 1.54) is 12.1 Å². The number of carbonyl (C=O) groups excluding carboxylic acids is 2. The molecule has 0 saturated carbocycles. The average molecular weight is 470 g/mol. The second kappa shape index (κ2) is 9.97. The van der Waals surface area contributed by atoms with Gasteiger partial charge in [0.1, 0.15) is 5.82 Å². The van der Waals surface area contributed by atoms with Crippen LogP contribution in [0.1, 0.15) is 36.5 Å². The number of hydrogen-bond donors (Lipinski definition) is 3. The van der Waals surface area contributed by atoms with Gasteiger partial charge < -0.3 is 16.0 Å². The van der Waals surface area contributed by atoms with Crippen molar-refractivity contribution >= 4 is 23.2 Å². The highest BCUT2D eigenvalue weighted by Gasteiger charge is 2.36. The van der Waals surface area contributed by atoms with E-state index >= 15 is 0 Å². The van der Waals surface area contributed by atoms with Gasteiger partial charge in [-0.25, -0.2) is 4.39 Å². The lowest BCUT2D eigenvalue weighted by molar-refractivity contribution is -0.113. The van der Waals surface area contributed by atoms with E-state index in [0.717, 1.165) is 11.1 Å². The van der Waals surface area contributed by atoms with Crippen molar-refractivity contribution in [2.24, 2.45) is 0 Å². The standard InChI is InChI=1S/C29H28FN3O2/c1-17-5-13-23(14-6-17)32-28(34)25-19(3)31-20(4)26(27(25)21-9-11-22(30)12-10-21)29(35)33-24-15-7-18(2)8-16-24/h5-16,27,31H,1-4H3,(H,32,34)(H,33,35). The molecule has 1 aliphatic rings. The summed E-state index contributed by atoms with van der Waals surface area (Å²) in [6.07, 6.45) is 0. The Kier molecular flexibility index (Phi) is 6.82. The molecule has 0 saturated heterocycles. The molecular formula is C29H28FN3O2. The number of dihydropyridines is 1. The van der Waals surface area contributed by atoms with E-state index in [0.29, 0.717) is 39.5 Å². The van der Waals surface area contributed by atoms with E-state index < -0.39 is 5.92 Å². The zero-order valence-corrected chi connectivity index (χ0v) is 20.2. The lowest BCUT2D eigenvalue weighted by Crippen LogP contribution is -2.35. The number of anilines is 2. The average Bonchev–Trinajstić information content (AvgIpc) is 2.82. The maximum atomic E-state index is 13.8. The summed E-state index contributed by atoms with van der Waals surface area (Å²) in [6, 6.07) is 20.9. The van der Waals surface area contributed by atoms with Crippen LogP contribution in [0, 0.1) is 19.7 Å². The number of carbonyl (C=O) groups is 2. The first-order valence-electron chi connectivity index (χ1n) is 11.4. The van der Waals surface area contributed by atoms with Gasteiger partial charge in [-0.2, -0.15) is 0 Å². The molecule has 1 aliphatic heterocycles. The van der Waals surface area contributed by atoms with Gasteiger partial charge in [-0.1, -0.05) is 47.5 Å². The van der Waals surface area contributed by atoms with Crippen molar-refractivity contribution in [2.75, 3.05) is 10.6 Å².